The highest BCUT2D eigenvalue weighted by Crippen LogP contribution is 2.32. The van der Waals surface area contributed by atoms with Gasteiger partial charge < -0.3 is 4.42 Å². The molecule has 0 radical (unpaired) electrons. The third-order valence-corrected chi connectivity index (χ3v) is 6.19. The number of thiazole rings is 1. The van der Waals surface area contributed by atoms with Crippen molar-refractivity contribution in [2.45, 2.75) is 13.8 Å². The first-order chi connectivity index (χ1) is 15.5. The van der Waals surface area contributed by atoms with Crippen LogP contribution in [0.25, 0.3) is 33.6 Å². The molecule has 1 amide bonds. The van der Waals surface area contributed by atoms with Crippen LogP contribution in [0.3, 0.4) is 0 Å². The topological polar surface area (TPSA) is 68.0 Å². The highest BCUT2D eigenvalue weighted by atomic mass is 35.5. The summed E-state index contributed by atoms with van der Waals surface area (Å²) in [7, 11) is 0. The van der Waals surface area contributed by atoms with Gasteiger partial charge in [-0.25, -0.2) is 9.97 Å². The van der Waals surface area contributed by atoms with Crippen molar-refractivity contribution in [2.75, 3.05) is 5.32 Å². The number of carbonyl (C=O) groups excluding carboxylic acids is 1. The third-order valence-electron chi connectivity index (χ3n) is 5.07. The van der Waals surface area contributed by atoms with Crippen LogP contribution in [0.15, 0.2) is 71.1 Å². The number of rotatable bonds is 4. The molecule has 0 aliphatic rings. The number of carbonyl (C=O) groups is 1. The van der Waals surface area contributed by atoms with Crippen LogP contribution in [0.2, 0.25) is 5.02 Å². The molecule has 0 saturated carbocycles. The van der Waals surface area contributed by atoms with Crippen molar-refractivity contribution in [1.29, 1.82) is 0 Å². The zero-order valence-corrected chi connectivity index (χ0v) is 18.9. The van der Waals surface area contributed by atoms with Gasteiger partial charge in [0.2, 0.25) is 0 Å². The molecule has 0 aliphatic carbocycles. The molecule has 7 heteroatoms. The molecular weight excluding hydrogens is 442 g/mol. The predicted molar refractivity (Wildman–Crippen MR) is 129 cm³/mol. The summed E-state index contributed by atoms with van der Waals surface area (Å²) in [4.78, 5) is 23.6. The third kappa shape index (κ3) is 3.90. The molecule has 0 unspecified atom stereocenters. The molecule has 5 nitrogen and oxygen atoms in total. The van der Waals surface area contributed by atoms with Crippen LogP contribution in [0.5, 0.6) is 0 Å². The molecule has 0 atom stereocenters. The number of halogens is 1. The molecule has 0 spiro atoms. The van der Waals surface area contributed by atoms with Crippen LogP contribution < -0.4 is 5.32 Å². The fraction of sp³-hybridized carbons (Fsp3) is 0.0800. The van der Waals surface area contributed by atoms with Gasteiger partial charge in [0.25, 0.3) is 5.91 Å². The molecule has 5 aromatic rings. The first-order valence-electron chi connectivity index (χ1n) is 9.99. The van der Waals surface area contributed by atoms with E-state index in [0.29, 0.717) is 27.2 Å². The number of amides is 1. The van der Waals surface area contributed by atoms with Gasteiger partial charge in [0.15, 0.2) is 10.9 Å². The van der Waals surface area contributed by atoms with E-state index in [0.717, 1.165) is 32.8 Å². The molecule has 3 aromatic heterocycles. The van der Waals surface area contributed by atoms with Crippen LogP contribution in [0.4, 0.5) is 5.13 Å². The van der Waals surface area contributed by atoms with Gasteiger partial charge in [0.1, 0.15) is 11.5 Å². The number of para-hydroxylation sites is 1. The van der Waals surface area contributed by atoms with Crippen LogP contribution >= 0.6 is 22.9 Å². The number of hydrogen-bond donors (Lipinski definition) is 1. The van der Waals surface area contributed by atoms with E-state index in [9.17, 15) is 4.79 Å². The monoisotopic (exact) mass is 459 g/mol. The SMILES string of the molecule is Cc1ccc(-c2cc(C(=O)Nc3nc(-c4cccc(Cl)c4)c(C)s3)c3ccccc3n2)o1. The van der Waals surface area contributed by atoms with Crippen LogP contribution in [-0.4, -0.2) is 15.9 Å². The standard InChI is InChI=1S/C25H18ClN3O2S/c1-14-10-11-22(31-14)21-13-19(18-8-3-4-9-20(18)27-21)24(30)29-25-28-23(15(2)32-25)16-6-5-7-17(26)12-16/h3-13H,1-2H3,(H,28,29,30). The Hall–Kier alpha value is -3.48. The fourth-order valence-electron chi connectivity index (χ4n) is 3.58. The largest absolute Gasteiger partial charge is 0.460 e. The summed E-state index contributed by atoms with van der Waals surface area (Å²) in [5, 5.41) is 4.89. The Bertz CT molecular complexity index is 1470. The van der Waals surface area contributed by atoms with E-state index in [1.165, 1.54) is 11.3 Å². The number of anilines is 1. The average molecular weight is 460 g/mol. The lowest BCUT2D eigenvalue weighted by Crippen LogP contribution is -2.13. The van der Waals surface area contributed by atoms with Crippen LogP contribution in [-0.2, 0) is 0 Å². The average Bonchev–Trinajstić information content (AvgIpc) is 3.38. The van der Waals surface area contributed by atoms with Crippen molar-refractivity contribution in [3.8, 4) is 22.7 Å². The number of aryl methyl sites for hydroxylation is 2. The highest BCUT2D eigenvalue weighted by Gasteiger charge is 2.18. The van der Waals surface area contributed by atoms with Gasteiger partial charge >= 0.3 is 0 Å². The maximum atomic E-state index is 13.3. The Morgan fingerprint density at radius 3 is 2.62 bits per heavy atom. The number of fused-ring (bicyclic) bond motifs is 1. The molecular formula is C25H18ClN3O2S. The van der Waals surface area contributed by atoms with Gasteiger partial charge in [0.05, 0.1) is 16.8 Å². The van der Waals surface area contributed by atoms with Gasteiger partial charge in [-0.2, -0.15) is 0 Å². The van der Waals surface area contributed by atoms with E-state index in [-0.39, 0.29) is 5.91 Å². The number of benzene rings is 2. The van der Waals surface area contributed by atoms with Crippen LogP contribution in [0, 0.1) is 13.8 Å². The Morgan fingerprint density at radius 1 is 1.00 bits per heavy atom. The van der Waals surface area contributed by atoms with Crippen molar-refractivity contribution in [1.82, 2.24) is 9.97 Å². The Morgan fingerprint density at radius 2 is 1.84 bits per heavy atom. The van der Waals surface area contributed by atoms with Gasteiger partial charge in [-0.1, -0.05) is 41.9 Å². The maximum Gasteiger partial charge on any atom is 0.258 e. The minimum absolute atomic E-state index is 0.250. The number of pyridine rings is 1. The van der Waals surface area contributed by atoms with Crippen molar-refractivity contribution >= 4 is 44.9 Å². The van der Waals surface area contributed by atoms with E-state index >= 15 is 0 Å². The zero-order valence-electron chi connectivity index (χ0n) is 17.3. The van der Waals surface area contributed by atoms with Crippen molar-refractivity contribution < 1.29 is 9.21 Å². The van der Waals surface area contributed by atoms with E-state index in [4.69, 9.17) is 16.0 Å². The second-order valence-corrected chi connectivity index (χ2v) is 9.01. The molecule has 1 N–H and O–H groups in total. The Kier molecular flexibility index (Phi) is 5.25. The quantitative estimate of drug-likeness (QED) is 0.310. The van der Waals surface area contributed by atoms with Gasteiger partial charge in [-0.3, -0.25) is 10.1 Å². The van der Waals surface area contributed by atoms with Crippen molar-refractivity contribution in [3.05, 3.63) is 88.0 Å². The molecule has 0 bridgehead atoms. The summed E-state index contributed by atoms with van der Waals surface area (Å²) in [6.45, 7) is 3.85. The number of nitrogens with zero attached hydrogens (tertiary/aromatic N) is 2. The van der Waals surface area contributed by atoms with Gasteiger partial charge in [-0.15, -0.1) is 11.3 Å². The van der Waals surface area contributed by atoms with E-state index < -0.39 is 0 Å². The van der Waals surface area contributed by atoms with Crippen molar-refractivity contribution in [2.24, 2.45) is 0 Å². The van der Waals surface area contributed by atoms with E-state index in [1.54, 1.807) is 6.07 Å². The highest BCUT2D eigenvalue weighted by molar-refractivity contribution is 7.16. The maximum absolute atomic E-state index is 13.3. The lowest BCUT2D eigenvalue weighted by molar-refractivity contribution is 0.102. The minimum Gasteiger partial charge on any atom is -0.460 e. The summed E-state index contributed by atoms with van der Waals surface area (Å²) in [5.41, 5.74) is 3.56. The lowest BCUT2D eigenvalue weighted by atomic mass is 10.1. The second kappa shape index (κ2) is 8.22. The molecule has 0 aliphatic heterocycles. The molecule has 3 heterocycles. The number of furan rings is 1. The zero-order chi connectivity index (χ0) is 22.2. The normalized spacial score (nSPS) is 11.1. The first-order valence-corrected chi connectivity index (χ1v) is 11.2. The number of nitrogens with one attached hydrogen (secondary N) is 1. The number of hydrogen-bond acceptors (Lipinski definition) is 5. The summed E-state index contributed by atoms with van der Waals surface area (Å²) >= 11 is 7.56. The van der Waals surface area contributed by atoms with Crippen LogP contribution in [0.1, 0.15) is 21.0 Å². The summed E-state index contributed by atoms with van der Waals surface area (Å²) in [5.74, 6) is 1.16. The molecule has 0 fully saturated rings. The summed E-state index contributed by atoms with van der Waals surface area (Å²) < 4.78 is 5.73. The predicted octanol–water partition coefficient (Wildman–Crippen LogP) is 7.14. The lowest BCUT2D eigenvalue weighted by Gasteiger charge is -2.08. The van der Waals surface area contributed by atoms with E-state index in [2.05, 4.69) is 15.3 Å². The van der Waals surface area contributed by atoms with E-state index in [1.807, 2.05) is 74.5 Å². The Labute approximate surface area is 193 Å². The first kappa shape index (κ1) is 20.4. The molecule has 158 valence electrons. The molecule has 32 heavy (non-hydrogen) atoms. The summed E-state index contributed by atoms with van der Waals surface area (Å²) in [6, 6.07) is 20.6. The van der Waals surface area contributed by atoms with Crippen molar-refractivity contribution in [3.63, 3.8) is 0 Å². The number of aromatic nitrogens is 2. The smallest absolute Gasteiger partial charge is 0.258 e. The summed E-state index contributed by atoms with van der Waals surface area (Å²) in [6.07, 6.45) is 0. The molecule has 5 rings (SSSR count). The second-order valence-electron chi connectivity index (χ2n) is 7.37. The Balaban J connectivity index is 1.52. The van der Waals surface area contributed by atoms with Gasteiger partial charge in [0, 0.05) is 20.8 Å². The molecule has 0 saturated heterocycles. The fourth-order valence-corrected chi connectivity index (χ4v) is 4.60. The minimum atomic E-state index is -0.250. The van der Waals surface area contributed by atoms with Gasteiger partial charge in [-0.05, 0) is 50.2 Å². The molecule has 2 aromatic carbocycles.